The Bertz CT molecular complexity index is 5310. The molecule has 6 heterocycles. The van der Waals surface area contributed by atoms with Crippen LogP contribution in [0, 0.1) is 0 Å². The minimum absolute atomic E-state index is 0.0105. The number of Topliss-reactive ketones (excluding diaryl/α,β-unsaturated/α-hetero) is 1. The van der Waals surface area contributed by atoms with Gasteiger partial charge >= 0.3 is 12.4 Å². The Labute approximate surface area is 870 Å². The van der Waals surface area contributed by atoms with Crippen molar-refractivity contribution in [2.24, 2.45) is 0 Å². The Hall–Kier alpha value is -10.6. The Morgan fingerprint density at radius 3 is 1.12 bits per heavy atom. The zero-order valence-corrected chi connectivity index (χ0v) is 92.0. The summed E-state index contributed by atoms with van der Waals surface area (Å²) < 4.78 is 83.4. The lowest BCUT2D eigenvalue weighted by Gasteiger charge is -2.36. The molecule has 1 unspecified atom stereocenters. The lowest BCUT2D eigenvalue weighted by molar-refractivity contribution is -0.206. The lowest BCUT2D eigenvalue weighted by Crippen LogP contribution is -2.49. The van der Waals surface area contributed by atoms with E-state index in [1.807, 2.05) is 82.8 Å². The molecule has 0 bridgehead atoms. The lowest BCUT2D eigenvalue weighted by atomic mass is 9.88. The number of ether oxygens (including phenoxy) is 2. The number of nitrogens with zero attached hydrogens (tertiary/aromatic N) is 9. The van der Waals surface area contributed by atoms with Crippen molar-refractivity contribution in [2.75, 3.05) is 185 Å². The molecule has 19 nitrogen and oxygen atoms in total. The van der Waals surface area contributed by atoms with E-state index >= 15 is 0 Å². The topological polar surface area (TPSA) is 189 Å². The molecular weight excluding hydrogens is 1850 g/mol. The second-order valence-electron chi connectivity index (χ2n) is 42.5. The second-order valence-corrected chi connectivity index (χ2v) is 42.5. The van der Waals surface area contributed by atoms with E-state index < -0.39 is 29.8 Å². The van der Waals surface area contributed by atoms with E-state index in [0.717, 1.165) is 112 Å². The van der Waals surface area contributed by atoms with Gasteiger partial charge in [0.1, 0.15) is 12.4 Å². The van der Waals surface area contributed by atoms with Crippen LogP contribution in [-0.2, 0) is 19.9 Å². The van der Waals surface area contributed by atoms with Crippen LogP contribution in [0.2, 0.25) is 0 Å². The summed E-state index contributed by atoms with van der Waals surface area (Å²) >= 11 is 0. The molecule has 1 atom stereocenters. The summed E-state index contributed by atoms with van der Waals surface area (Å²) in [7, 11) is 8.36. The number of piperidine rings is 1. The van der Waals surface area contributed by atoms with Gasteiger partial charge in [-0.25, -0.2) is 0 Å². The summed E-state index contributed by atoms with van der Waals surface area (Å²) in [4.78, 5) is 65.6. The van der Waals surface area contributed by atoms with Crippen LogP contribution in [0.3, 0.4) is 0 Å². The molecule has 25 heteroatoms. The van der Waals surface area contributed by atoms with Crippen LogP contribution in [0.15, 0.2) is 212 Å². The first-order chi connectivity index (χ1) is 68.8. The van der Waals surface area contributed by atoms with Gasteiger partial charge in [-0.1, -0.05) is 276 Å². The molecule has 6 aliphatic heterocycles. The zero-order valence-electron chi connectivity index (χ0n) is 92.0. The standard InChI is InChI=1S/C15H22N2O2.C15H24N2O.C15H22N2O.C15H23N.C14H22N2.C13H17NO2.C12H18O.C11H11F3O.C11H13F3O/c1-12(2)13-3-5-14(6-4-13)16-7-9-17(10-8-16)15(19)11-18;1-12(2)13-5-6-14(15(11-13)18-4)17-9-7-16(3)8-10-17;1-12(2)14-4-6-15(7-5-14)17-10-8-16(9-11-17)13(3)18;1-12(2)13-4-6-14(7-5-13)15-8-10-16(3)11-9-15;1-12(2)13-5-4-6-14(11-13)16-9-7-15(3)8-10-16;1-9(2)10-3-5-11(6-4-10)13(15)14-12-7-16-8-12;1-9(2)10-6-5-7-11(8-10)12(3,4)13;1-7(2)8-3-5-9(6-4-8)10(15)11(12,13)14;1-7(2)8-4-3-5-9(6-8)10(15)11(12,13)14/h3-6,12,18H,7-11H2,1-2H3;5-6,11-12H,7-10H2,1-4H3;4-7,12H,8-11H2,1-3H3;4-7,12,15H,8-11H2,1-3H3;4-6,11-12H,7-10H2,1-3H3;3-6,9,12H,7-8H2,1-2H3,(H,14,15);5-9,13H,1-4H3;3-7H,1-2H3;3-7,10,15H,1-2H3. The number of hydrogen-bond acceptors (Lipinski definition) is 16. The maximum Gasteiger partial charge on any atom is 0.454 e. The van der Waals surface area contributed by atoms with Gasteiger partial charge in [0.05, 0.1) is 37.7 Å². The fourth-order valence-corrected chi connectivity index (χ4v) is 17.1. The third kappa shape index (κ3) is 40.4. The van der Waals surface area contributed by atoms with Crippen molar-refractivity contribution in [2.45, 2.75) is 248 Å². The highest BCUT2D eigenvalue weighted by Gasteiger charge is 2.41. The molecule has 6 aliphatic rings. The predicted octanol–water partition coefficient (Wildman–Crippen LogP) is 24.6. The highest BCUT2D eigenvalue weighted by atomic mass is 19.4. The quantitative estimate of drug-likeness (QED) is 0.0392. The van der Waals surface area contributed by atoms with E-state index in [2.05, 4.69) is 285 Å². The summed E-state index contributed by atoms with van der Waals surface area (Å²) in [5.41, 5.74) is 18.4. The van der Waals surface area contributed by atoms with Gasteiger partial charge in [0, 0.05) is 140 Å². The van der Waals surface area contributed by atoms with Crippen molar-refractivity contribution in [3.05, 3.63) is 290 Å². The van der Waals surface area contributed by atoms with Gasteiger partial charge in [0.15, 0.2) is 6.10 Å². The average molecular weight is 2020 g/mol. The number of anilines is 4. The fraction of sp³-hybridized carbons (Fsp3) is 0.521. The number of ketones is 1. The third-order valence-corrected chi connectivity index (χ3v) is 27.6. The number of aliphatic hydroxyl groups excluding tert-OH is 2. The fourth-order valence-electron chi connectivity index (χ4n) is 17.1. The molecular formula is C121H172F6N10O9. The van der Waals surface area contributed by atoms with Gasteiger partial charge in [-0.05, 0) is 248 Å². The minimum Gasteiger partial charge on any atom is -0.495 e. The first kappa shape index (κ1) is 122. The maximum absolute atomic E-state index is 12.2. The van der Waals surface area contributed by atoms with Gasteiger partial charge in [-0.3, -0.25) is 19.2 Å². The number of halogens is 6. The Kier molecular flexibility index (Phi) is 49.9. The highest BCUT2D eigenvalue weighted by molar-refractivity contribution is 6.00. The van der Waals surface area contributed by atoms with Crippen molar-refractivity contribution < 1.29 is 70.3 Å². The SMILES string of the molecule is CC(=O)N1CCN(c2ccc(C(C)C)cc2)CC1.CC(C)c1ccc(C(=O)C(F)(F)F)cc1.CC(C)c1ccc(C(=O)NC2COC2)cc1.CC(C)c1ccc(C2CCN(C)CC2)cc1.CC(C)c1ccc(N2CCN(C(=O)CO)CC2)cc1.CC(C)c1cccc(C(C)(C)O)c1.CC(C)c1cccc(C(O)C(F)(F)F)c1.CC(C)c1cccc(N2CCN(C)CC2)c1.COc1cc(C(C)C)ccc1N1CCN(C)CC1. The molecule has 0 aromatic heterocycles. The van der Waals surface area contributed by atoms with Crippen molar-refractivity contribution in [1.82, 2.24) is 29.8 Å². The van der Waals surface area contributed by atoms with E-state index in [9.17, 15) is 50.6 Å². The van der Waals surface area contributed by atoms with Crippen molar-refractivity contribution in [1.29, 1.82) is 0 Å². The average Bonchev–Trinajstić information content (AvgIpc) is 0.821. The number of hydrogen-bond donors (Lipinski definition) is 4. The van der Waals surface area contributed by atoms with Crippen LogP contribution in [-0.4, -0.2) is 248 Å². The number of carbonyl (C=O) groups excluding carboxylic acids is 4. The number of rotatable bonds is 21. The summed E-state index contributed by atoms with van der Waals surface area (Å²) in [5, 5.41) is 30.6. The van der Waals surface area contributed by atoms with Crippen LogP contribution in [0.4, 0.5) is 49.1 Å². The molecule has 9 aromatic rings. The maximum atomic E-state index is 12.2. The van der Waals surface area contributed by atoms with Crippen molar-refractivity contribution >= 4 is 46.3 Å². The summed E-state index contributed by atoms with van der Waals surface area (Å²) in [6, 6.07) is 69.9. The number of carbonyl (C=O) groups is 4. The molecule has 6 saturated heterocycles. The first-order valence-corrected chi connectivity index (χ1v) is 52.5. The van der Waals surface area contributed by atoms with Crippen molar-refractivity contribution in [3.63, 3.8) is 0 Å². The number of likely N-dealkylation sites (tertiary alicyclic amines) is 1. The Morgan fingerprint density at radius 1 is 0.390 bits per heavy atom. The van der Waals surface area contributed by atoms with E-state index in [-0.39, 0.29) is 53.3 Å². The van der Waals surface area contributed by atoms with E-state index in [0.29, 0.717) is 67.7 Å². The van der Waals surface area contributed by atoms with E-state index in [1.54, 1.807) is 37.1 Å². The largest absolute Gasteiger partial charge is 0.495 e. The van der Waals surface area contributed by atoms with Crippen LogP contribution in [0.5, 0.6) is 5.75 Å². The molecule has 0 spiro atoms. The normalized spacial score (nSPS) is 15.8. The summed E-state index contributed by atoms with van der Waals surface area (Å²) in [5.74, 6) is 4.33. The summed E-state index contributed by atoms with van der Waals surface area (Å²) in [6.45, 7) is 62.7. The molecule has 0 radical (unpaired) electrons. The Balaban J connectivity index is 0.000000223. The van der Waals surface area contributed by atoms with E-state index in [4.69, 9.17) is 19.7 Å². The first-order valence-electron chi connectivity index (χ1n) is 52.5. The molecule has 15 rings (SSSR count). The van der Waals surface area contributed by atoms with Crippen LogP contribution >= 0.6 is 0 Å². The molecule has 9 aromatic carbocycles. The third-order valence-electron chi connectivity index (χ3n) is 27.6. The molecule has 4 N–H and O–H groups in total. The monoisotopic (exact) mass is 2020 g/mol. The second kappa shape index (κ2) is 59.5. The molecule has 802 valence electrons. The molecule has 6 fully saturated rings. The van der Waals surface area contributed by atoms with Gasteiger partial charge in [0.2, 0.25) is 11.8 Å². The van der Waals surface area contributed by atoms with Gasteiger partial charge < -0.3 is 74.2 Å². The summed E-state index contributed by atoms with van der Waals surface area (Å²) in [6.07, 6.45) is -9.15. The van der Waals surface area contributed by atoms with Crippen LogP contribution in [0.1, 0.15) is 311 Å². The molecule has 146 heavy (non-hydrogen) atoms. The van der Waals surface area contributed by atoms with Crippen molar-refractivity contribution in [3.8, 4) is 5.75 Å². The van der Waals surface area contributed by atoms with Gasteiger partial charge in [-0.15, -0.1) is 0 Å². The van der Waals surface area contributed by atoms with Crippen LogP contribution in [0.25, 0.3) is 0 Å². The number of aliphatic hydroxyl groups is 3. The number of benzene rings is 9. The predicted molar refractivity (Wildman–Crippen MR) is 589 cm³/mol. The van der Waals surface area contributed by atoms with Gasteiger partial charge in [-0.2, -0.15) is 26.3 Å². The number of amides is 3. The van der Waals surface area contributed by atoms with Crippen LogP contribution < -0.4 is 29.7 Å². The zero-order chi connectivity index (χ0) is 108. The van der Waals surface area contributed by atoms with E-state index in [1.165, 1.54) is 137 Å². The number of piperazine rings is 4. The molecule has 3 amide bonds. The number of methoxy groups -OCH3 is 1. The number of alkyl halides is 6. The Morgan fingerprint density at radius 2 is 0.733 bits per heavy atom. The molecule has 0 aliphatic carbocycles. The number of nitrogens with one attached hydrogen (secondary N) is 1. The smallest absolute Gasteiger partial charge is 0.454 e. The van der Waals surface area contributed by atoms with Gasteiger partial charge in [0.25, 0.3) is 11.7 Å². The highest BCUT2D eigenvalue weighted by Crippen LogP contribution is 2.37. The molecule has 0 saturated carbocycles. The number of likely N-dealkylation sites (N-methyl/N-ethyl adjacent to an activating group) is 2. The minimum atomic E-state index is -4.79.